The first kappa shape index (κ1) is 14.0. The molecule has 0 aromatic heterocycles. The van der Waals surface area contributed by atoms with Crippen LogP contribution < -0.4 is 0 Å². The van der Waals surface area contributed by atoms with Crippen LogP contribution in [-0.2, 0) is 14.3 Å². The van der Waals surface area contributed by atoms with Gasteiger partial charge in [0, 0.05) is 5.92 Å². The fourth-order valence-corrected chi connectivity index (χ4v) is 3.55. The second-order valence-corrected chi connectivity index (χ2v) is 6.54. The van der Waals surface area contributed by atoms with Gasteiger partial charge in [-0.05, 0) is 32.8 Å². The molecule has 5 nitrogen and oxygen atoms in total. The van der Waals surface area contributed by atoms with Crippen molar-refractivity contribution in [2.45, 2.75) is 63.6 Å². The van der Waals surface area contributed by atoms with Gasteiger partial charge in [0.1, 0.15) is 17.8 Å². The maximum atomic E-state index is 11.8. The molecule has 112 valence electrons. The van der Waals surface area contributed by atoms with E-state index in [4.69, 9.17) is 9.47 Å². The van der Waals surface area contributed by atoms with Crippen LogP contribution in [0.2, 0.25) is 0 Å². The van der Waals surface area contributed by atoms with Gasteiger partial charge in [-0.15, -0.1) is 0 Å². The van der Waals surface area contributed by atoms with Crippen molar-refractivity contribution in [3.05, 3.63) is 11.6 Å². The topological polar surface area (TPSA) is 79.3 Å². The van der Waals surface area contributed by atoms with Gasteiger partial charge in [0.25, 0.3) is 0 Å². The van der Waals surface area contributed by atoms with Crippen molar-refractivity contribution in [1.29, 1.82) is 0 Å². The first-order valence-electron chi connectivity index (χ1n) is 7.26. The fourth-order valence-electron chi connectivity index (χ4n) is 3.55. The van der Waals surface area contributed by atoms with Gasteiger partial charge >= 0.3 is 5.97 Å². The van der Waals surface area contributed by atoms with Crippen LogP contribution in [0.3, 0.4) is 0 Å². The second-order valence-electron chi connectivity index (χ2n) is 6.54. The zero-order valence-corrected chi connectivity index (χ0v) is 12.1. The summed E-state index contributed by atoms with van der Waals surface area (Å²) in [6.07, 6.45) is 1.05. The van der Waals surface area contributed by atoms with Gasteiger partial charge in [-0.3, -0.25) is 4.79 Å². The van der Waals surface area contributed by atoms with Crippen molar-refractivity contribution >= 4 is 5.97 Å². The average Bonchev–Trinajstić information content (AvgIpc) is 2.98. The molecule has 3 aliphatic rings. The zero-order valence-electron chi connectivity index (χ0n) is 12.1. The highest BCUT2D eigenvalue weighted by Crippen LogP contribution is 2.47. The Morgan fingerprint density at radius 2 is 2.10 bits per heavy atom. The molecular formula is C15H22O5. The minimum absolute atomic E-state index is 0.0274. The van der Waals surface area contributed by atoms with E-state index in [2.05, 4.69) is 0 Å². The van der Waals surface area contributed by atoms with Crippen molar-refractivity contribution in [3.8, 4) is 0 Å². The van der Waals surface area contributed by atoms with Gasteiger partial charge in [-0.2, -0.15) is 0 Å². The minimum atomic E-state index is -1.03. The van der Waals surface area contributed by atoms with Crippen LogP contribution in [0, 0.1) is 11.8 Å². The Balaban J connectivity index is 1.95. The Morgan fingerprint density at radius 1 is 1.40 bits per heavy atom. The molecular weight excluding hydrogens is 260 g/mol. The second kappa shape index (κ2) is 4.55. The lowest BCUT2D eigenvalue weighted by molar-refractivity contribution is -0.142. The number of aliphatic hydroxyl groups is 2. The monoisotopic (exact) mass is 282 g/mol. The van der Waals surface area contributed by atoms with Gasteiger partial charge in [-0.1, -0.05) is 12.5 Å². The smallest absolute Gasteiger partial charge is 0.309 e. The molecule has 2 fully saturated rings. The number of esters is 1. The van der Waals surface area contributed by atoms with Gasteiger partial charge in [0.05, 0.1) is 18.1 Å². The lowest BCUT2D eigenvalue weighted by Gasteiger charge is -2.30. The number of epoxide rings is 1. The SMILES string of the molecule is C/C1=C/[C@@H]2OC(=O)[C@@H](C)[C@@H]2[C@@H](O)[C@H](O)[C@@]2(C)O[C@@H]2CC1. The normalized spacial score (nSPS) is 54.2. The van der Waals surface area contributed by atoms with Gasteiger partial charge in [-0.25, -0.2) is 0 Å². The summed E-state index contributed by atoms with van der Waals surface area (Å²) in [6, 6.07) is 0. The van der Waals surface area contributed by atoms with Crippen molar-refractivity contribution in [2.75, 3.05) is 0 Å². The number of ether oxygens (including phenoxy) is 2. The summed E-state index contributed by atoms with van der Waals surface area (Å²) in [4.78, 5) is 11.8. The van der Waals surface area contributed by atoms with Crippen LogP contribution in [0.15, 0.2) is 11.6 Å². The Morgan fingerprint density at radius 3 is 2.80 bits per heavy atom. The number of aliphatic hydroxyl groups excluding tert-OH is 2. The van der Waals surface area contributed by atoms with Crippen LogP contribution in [0.25, 0.3) is 0 Å². The van der Waals surface area contributed by atoms with Crippen molar-refractivity contribution in [2.24, 2.45) is 11.8 Å². The maximum absolute atomic E-state index is 11.8. The van der Waals surface area contributed by atoms with E-state index >= 15 is 0 Å². The van der Waals surface area contributed by atoms with Crippen molar-refractivity contribution in [3.63, 3.8) is 0 Å². The quantitative estimate of drug-likeness (QED) is 0.390. The molecule has 2 aliphatic heterocycles. The van der Waals surface area contributed by atoms with Crippen LogP contribution >= 0.6 is 0 Å². The molecule has 20 heavy (non-hydrogen) atoms. The summed E-state index contributed by atoms with van der Waals surface area (Å²) < 4.78 is 11.0. The zero-order chi connectivity index (χ0) is 14.7. The Kier molecular flexibility index (Phi) is 3.19. The van der Waals surface area contributed by atoms with E-state index in [0.29, 0.717) is 0 Å². The number of fused-ring (bicyclic) bond motifs is 2. The highest BCUT2D eigenvalue weighted by atomic mass is 16.6. The van der Waals surface area contributed by atoms with Crippen molar-refractivity contribution in [1.82, 2.24) is 0 Å². The van der Waals surface area contributed by atoms with E-state index in [-0.39, 0.29) is 12.1 Å². The summed E-state index contributed by atoms with van der Waals surface area (Å²) in [5.74, 6) is -1.16. The molecule has 0 aromatic rings. The van der Waals surface area contributed by atoms with Crippen LogP contribution in [0.5, 0.6) is 0 Å². The largest absolute Gasteiger partial charge is 0.457 e. The van der Waals surface area contributed by atoms with Crippen LogP contribution in [-0.4, -0.2) is 46.2 Å². The number of hydrogen-bond acceptors (Lipinski definition) is 5. The molecule has 2 N–H and O–H groups in total. The molecule has 2 saturated heterocycles. The number of allylic oxidation sites excluding steroid dienone is 1. The lowest BCUT2D eigenvalue weighted by Crippen LogP contribution is -2.47. The molecule has 2 heterocycles. The van der Waals surface area contributed by atoms with E-state index in [1.165, 1.54) is 0 Å². The van der Waals surface area contributed by atoms with E-state index in [1.54, 1.807) is 6.92 Å². The molecule has 0 amide bonds. The highest BCUT2D eigenvalue weighted by Gasteiger charge is 2.61. The molecule has 0 radical (unpaired) electrons. The molecule has 7 atom stereocenters. The standard InChI is InChI=1S/C15H22O5/c1-7-4-5-10-15(3,20-10)13(17)12(16)11-8(2)14(18)19-9(11)6-7/h6,8-13,16-17H,4-5H2,1-3H3/b7-6-/t8-,9-,10+,11-,12+,13-,15-/m0/s1. The summed E-state index contributed by atoms with van der Waals surface area (Å²) in [7, 11) is 0. The van der Waals surface area contributed by atoms with E-state index < -0.39 is 35.7 Å². The summed E-state index contributed by atoms with van der Waals surface area (Å²) >= 11 is 0. The molecule has 1 aliphatic carbocycles. The summed E-state index contributed by atoms with van der Waals surface area (Å²) in [5.41, 5.74) is 0.427. The predicted molar refractivity (Wildman–Crippen MR) is 70.8 cm³/mol. The van der Waals surface area contributed by atoms with Gasteiger partial charge in [0.2, 0.25) is 0 Å². The van der Waals surface area contributed by atoms with Crippen molar-refractivity contribution < 1.29 is 24.5 Å². The Labute approximate surface area is 118 Å². The molecule has 0 saturated carbocycles. The predicted octanol–water partition coefficient (Wildman–Crippen LogP) is 0.783. The third kappa shape index (κ3) is 2.00. The Hall–Kier alpha value is -0.910. The van der Waals surface area contributed by atoms with Crippen LogP contribution in [0.1, 0.15) is 33.6 Å². The van der Waals surface area contributed by atoms with Gasteiger partial charge in [0.15, 0.2) is 0 Å². The Bertz CT molecular complexity index is 459. The number of carbonyl (C=O) groups excluding carboxylic acids is 1. The maximum Gasteiger partial charge on any atom is 0.309 e. The number of hydrogen-bond donors (Lipinski definition) is 2. The molecule has 5 heteroatoms. The van der Waals surface area contributed by atoms with E-state index in [9.17, 15) is 15.0 Å². The molecule has 0 bridgehead atoms. The summed E-state index contributed by atoms with van der Waals surface area (Å²) in [6.45, 7) is 5.56. The molecule has 0 spiro atoms. The van der Waals surface area contributed by atoms with E-state index in [0.717, 1.165) is 18.4 Å². The molecule has 0 aromatic carbocycles. The number of rotatable bonds is 0. The minimum Gasteiger partial charge on any atom is -0.457 e. The molecule has 3 rings (SSSR count). The summed E-state index contributed by atoms with van der Waals surface area (Å²) in [5, 5.41) is 20.9. The third-order valence-corrected chi connectivity index (χ3v) is 5.11. The first-order chi connectivity index (χ1) is 9.34. The fraction of sp³-hybridized carbons (Fsp3) is 0.800. The van der Waals surface area contributed by atoms with Gasteiger partial charge < -0.3 is 19.7 Å². The highest BCUT2D eigenvalue weighted by molar-refractivity contribution is 5.75. The molecule has 0 unspecified atom stereocenters. The van der Waals surface area contributed by atoms with E-state index in [1.807, 2.05) is 19.9 Å². The lowest BCUT2D eigenvalue weighted by atomic mass is 9.78. The first-order valence-corrected chi connectivity index (χ1v) is 7.26. The van der Waals surface area contributed by atoms with Crippen LogP contribution in [0.4, 0.5) is 0 Å². The number of carbonyl (C=O) groups is 1. The average molecular weight is 282 g/mol. The third-order valence-electron chi connectivity index (χ3n) is 5.11.